The van der Waals surface area contributed by atoms with Crippen molar-refractivity contribution in [2.24, 2.45) is 5.92 Å². The fourth-order valence-electron chi connectivity index (χ4n) is 2.27. The first-order chi connectivity index (χ1) is 8.50. The van der Waals surface area contributed by atoms with E-state index in [0.29, 0.717) is 18.8 Å². The van der Waals surface area contributed by atoms with Gasteiger partial charge in [-0.15, -0.1) is 0 Å². The number of β-amino-alcohol motifs (C(OH)–C–C–N with tert-alkyl or cyclic N) is 1. The normalized spacial score (nSPS) is 24.0. The van der Waals surface area contributed by atoms with Crippen LogP contribution in [0.15, 0.2) is 18.2 Å². The molecule has 98 valence electrons. The lowest BCUT2D eigenvalue weighted by Crippen LogP contribution is -2.43. The van der Waals surface area contributed by atoms with Crippen LogP contribution in [0.3, 0.4) is 0 Å². The fraction of sp³-hybridized carbons (Fsp3) is 0.500. The minimum absolute atomic E-state index is 0.0701. The zero-order chi connectivity index (χ0) is 13.3. The van der Waals surface area contributed by atoms with Crippen molar-refractivity contribution in [1.82, 2.24) is 0 Å². The number of nitrogens with two attached hydrogens (primary N) is 1. The molecular formula is C12H17N3O3. The molecule has 6 heteroatoms. The van der Waals surface area contributed by atoms with E-state index in [1.54, 1.807) is 12.1 Å². The first-order valence-corrected chi connectivity index (χ1v) is 5.96. The Labute approximate surface area is 105 Å². The number of nitro benzene ring substituents is 1. The molecule has 18 heavy (non-hydrogen) atoms. The summed E-state index contributed by atoms with van der Waals surface area (Å²) in [7, 11) is 0. The molecule has 0 bridgehead atoms. The number of nitrogens with zero attached hydrogens (tertiary/aromatic N) is 2. The average molecular weight is 251 g/mol. The Morgan fingerprint density at radius 1 is 1.56 bits per heavy atom. The number of nitro groups is 1. The first kappa shape index (κ1) is 12.6. The maximum Gasteiger partial charge on any atom is 0.315 e. The van der Waals surface area contributed by atoms with Crippen molar-refractivity contribution in [2.45, 2.75) is 19.4 Å². The van der Waals surface area contributed by atoms with Gasteiger partial charge in [-0.05, 0) is 24.5 Å². The predicted molar refractivity (Wildman–Crippen MR) is 69.5 cm³/mol. The van der Waals surface area contributed by atoms with Crippen LogP contribution in [-0.2, 0) is 0 Å². The number of aliphatic hydroxyl groups is 1. The van der Waals surface area contributed by atoms with Gasteiger partial charge in [-0.1, -0.05) is 13.0 Å². The van der Waals surface area contributed by atoms with Crippen LogP contribution >= 0.6 is 0 Å². The SMILES string of the molecule is CC1CCN(c2cccc(N)c2[N+](=O)[O-])CC1O. The van der Waals surface area contributed by atoms with Crippen LogP contribution in [0.5, 0.6) is 0 Å². The van der Waals surface area contributed by atoms with Crippen molar-refractivity contribution in [2.75, 3.05) is 23.7 Å². The summed E-state index contributed by atoms with van der Waals surface area (Å²) >= 11 is 0. The minimum Gasteiger partial charge on any atom is -0.393 e. The molecule has 2 atom stereocenters. The van der Waals surface area contributed by atoms with E-state index >= 15 is 0 Å². The lowest BCUT2D eigenvalue weighted by molar-refractivity contribution is -0.383. The van der Waals surface area contributed by atoms with E-state index in [1.807, 2.05) is 11.8 Å². The molecule has 1 aliphatic rings. The highest BCUT2D eigenvalue weighted by molar-refractivity contribution is 5.75. The fourth-order valence-corrected chi connectivity index (χ4v) is 2.27. The van der Waals surface area contributed by atoms with Crippen molar-refractivity contribution in [3.63, 3.8) is 0 Å². The first-order valence-electron chi connectivity index (χ1n) is 5.96. The summed E-state index contributed by atoms with van der Waals surface area (Å²) in [5.41, 5.74) is 6.24. The molecule has 1 aliphatic heterocycles. The number of hydrogen-bond acceptors (Lipinski definition) is 5. The third-order valence-electron chi connectivity index (χ3n) is 3.49. The van der Waals surface area contributed by atoms with E-state index in [9.17, 15) is 15.2 Å². The van der Waals surface area contributed by atoms with Gasteiger partial charge in [0.05, 0.1) is 11.0 Å². The van der Waals surface area contributed by atoms with Gasteiger partial charge in [0.1, 0.15) is 11.4 Å². The Bertz CT molecular complexity index is 464. The minimum atomic E-state index is -0.463. The topological polar surface area (TPSA) is 92.6 Å². The highest BCUT2D eigenvalue weighted by atomic mass is 16.6. The van der Waals surface area contributed by atoms with E-state index in [0.717, 1.165) is 6.42 Å². The van der Waals surface area contributed by atoms with Crippen LogP contribution in [0.25, 0.3) is 0 Å². The van der Waals surface area contributed by atoms with E-state index in [2.05, 4.69) is 0 Å². The highest BCUT2D eigenvalue weighted by Gasteiger charge is 2.29. The Morgan fingerprint density at radius 3 is 2.89 bits per heavy atom. The molecule has 0 amide bonds. The third kappa shape index (κ3) is 2.24. The number of anilines is 2. The van der Waals surface area contributed by atoms with Crippen molar-refractivity contribution in [3.8, 4) is 0 Å². The number of para-hydroxylation sites is 1. The predicted octanol–water partition coefficient (Wildman–Crippen LogP) is 1.38. The average Bonchev–Trinajstić information content (AvgIpc) is 2.32. The summed E-state index contributed by atoms with van der Waals surface area (Å²) in [5.74, 6) is 0.223. The lowest BCUT2D eigenvalue weighted by atomic mass is 9.95. The van der Waals surface area contributed by atoms with Crippen LogP contribution < -0.4 is 10.6 Å². The lowest BCUT2D eigenvalue weighted by Gasteiger charge is -2.35. The zero-order valence-electron chi connectivity index (χ0n) is 10.2. The summed E-state index contributed by atoms with van der Waals surface area (Å²) in [4.78, 5) is 12.4. The number of nitrogen functional groups attached to an aromatic ring is 1. The van der Waals surface area contributed by atoms with Crippen molar-refractivity contribution < 1.29 is 10.0 Å². The van der Waals surface area contributed by atoms with Gasteiger partial charge in [-0.3, -0.25) is 10.1 Å². The van der Waals surface area contributed by atoms with Crippen LogP contribution in [0.2, 0.25) is 0 Å². The third-order valence-corrected chi connectivity index (χ3v) is 3.49. The molecule has 1 fully saturated rings. The molecule has 1 aromatic carbocycles. The van der Waals surface area contributed by atoms with E-state index in [1.165, 1.54) is 6.07 Å². The summed E-state index contributed by atoms with van der Waals surface area (Å²) in [6.07, 6.45) is 0.354. The molecule has 1 aromatic rings. The van der Waals surface area contributed by atoms with Gasteiger partial charge in [0.25, 0.3) is 0 Å². The summed E-state index contributed by atoms with van der Waals surface area (Å²) in [5, 5.41) is 20.9. The van der Waals surface area contributed by atoms with Crippen molar-refractivity contribution >= 4 is 17.1 Å². The maximum absolute atomic E-state index is 11.1. The van der Waals surface area contributed by atoms with E-state index in [4.69, 9.17) is 5.73 Å². The number of piperidine rings is 1. The molecule has 2 rings (SSSR count). The van der Waals surface area contributed by atoms with E-state index < -0.39 is 11.0 Å². The summed E-state index contributed by atoms with van der Waals surface area (Å²) in [6.45, 7) is 3.09. The molecule has 0 saturated carbocycles. The number of benzene rings is 1. The van der Waals surface area contributed by atoms with Gasteiger partial charge in [0, 0.05) is 13.1 Å². The molecule has 0 spiro atoms. The Hall–Kier alpha value is -1.82. The van der Waals surface area contributed by atoms with Gasteiger partial charge >= 0.3 is 5.69 Å². The molecule has 1 heterocycles. The molecule has 0 radical (unpaired) electrons. The number of hydrogen-bond donors (Lipinski definition) is 2. The molecular weight excluding hydrogens is 234 g/mol. The van der Waals surface area contributed by atoms with Gasteiger partial charge in [-0.25, -0.2) is 0 Å². The van der Waals surface area contributed by atoms with Crippen LogP contribution in [0.1, 0.15) is 13.3 Å². The maximum atomic E-state index is 11.1. The second kappa shape index (κ2) is 4.81. The molecule has 0 aromatic heterocycles. The highest BCUT2D eigenvalue weighted by Crippen LogP contribution is 2.35. The monoisotopic (exact) mass is 251 g/mol. The Balaban J connectivity index is 2.34. The number of rotatable bonds is 2. The van der Waals surface area contributed by atoms with Gasteiger partial charge in [0.2, 0.25) is 0 Å². The van der Waals surface area contributed by atoms with Crippen LogP contribution in [-0.4, -0.2) is 29.2 Å². The summed E-state index contributed by atoms with van der Waals surface area (Å²) < 4.78 is 0. The molecule has 0 aliphatic carbocycles. The second-order valence-electron chi connectivity index (χ2n) is 4.75. The van der Waals surface area contributed by atoms with E-state index in [-0.39, 0.29) is 17.3 Å². The zero-order valence-corrected chi connectivity index (χ0v) is 10.2. The van der Waals surface area contributed by atoms with Crippen LogP contribution in [0, 0.1) is 16.0 Å². The largest absolute Gasteiger partial charge is 0.393 e. The summed E-state index contributed by atoms with van der Waals surface area (Å²) in [6, 6.07) is 4.89. The number of aliphatic hydroxyl groups excluding tert-OH is 1. The quantitative estimate of drug-likeness (QED) is 0.470. The molecule has 3 N–H and O–H groups in total. The van der Waals surface area contributed by atoms with Crippen molar-refractivity contribution in [1.29, 1.82) is 0 Å². The Morgan fingerprint density at radius 2 is 2.28 bits per heavy atom. The van der Waals surface area contributed by atoms with Crippen LogP contribution in [0.4, 0.5) is 17.1 Å². The molecule has 6 nitrogen and oxygen atoms in total. The van der Waals surface area contributed by atoms with Gasteiger partial charge < -0.3 is 15.7 Å². The molecule has 2 unspecified atom stereocenters. The van der Waals surface area contributed by atoms with Gasteiger partial charge in [-0.2, -0.15) is 0 Å². The standard InChI is InChI=1S/C12H17N3O3/c1-8-5-6-14(7-11(8)16)10-4-2-3-9(13)12(10)15(17)18/h2-4,8,11,16H,5-7,13H2,1H3. The Kier molecular flexibility index (Phi) is 3.38. The smallest absolute Gasteiger partial charge is 0.315 e. The molecule has 1 saturated heterocycles. The van der Waals surface area contributed by atoms with Gasteiger partial charge in [0.15, 0.2) is 0 Å². The second-order valence-corrected chi connectivity index (χ2v) is 4.75. The van der Waals surface area contributed by atoms with Crippen molar-refractivity contribution in [3.05, 3.63) is 28.3 Å².